The summed E-state index contributed by atoms with van der Waals surface area (Å²) >= 11 is 0. The van der Waals surface area contributed by atoms with Crippen LogP contribution in [0.15, 0.2) is 0 Å². The number of amides is 1. The molecule has 0 aromatic heterocycles. The predicted octanol–water partition coefficient (Wildman–Crippen LogP) is 0.681. The Morgan fingerprint density at radius 2 is 2.11 bits per heavy atom. The van der Waals surface area contributed by atoms with E-state index in [1.807, 2.05) is 4.90 Å². The van der Waals surface area contributed by atoms with E-state index in [2.05, 4.69) is 17.0 Å². The number of hydrogen-bond donors (Lipinski definition) is 1. The molecule has 1 amide bonds. The first-order valence-corrected chi connectivity index (χ1v) is 6.75. The van der Waals surface area contributed by atoms with E-state index >= 15 is 0 Å². The fraction of sp³-hybridized carbons (Fsp3) is 0.846. The molecule has 2 unspecified atom stereocenters. The van der Waals surface area contributed by atoms with Crippen molar-refractivity contribution in [2.24, 2.45) is 0 Å². The third kappa shape index (κ3) is 2.83. The topological polar surface area (TPSA) is 58.6 Å². The van der Waals surface area contributed by atoms with Crippen molar-refractivity contribution < 1.29 is 14.3 Å². The van der Waals surface area contributed by atoms with Crippen LogP contribution in [0.4, 0.5) is 0 Å². The molecular weight excluding hydrogens is 232 g/mol. The van der Waals surface area contributed by atoms with E-state index in [4.69, 9.17) is 0 Å². The van der Waals surface area contributed by atoms with Crippen LogP contribution < -0.4 is 5.32 Å². The fourth-order valence-corrected chi connectivity index (χ4v) is 2.99. The van der Waals surface area contributed by atoms with Crippen LogP contribution in [0.2, 0.25) is 0 Å². The van der Waals surface area contributed by atoms with E-state index in [9.17, 15) is 9.59 Å². The van der Waals surface area contributed by atoms with Gasteiger partial charge in [-0.2, -0.15) is 0 Å². The molecule has 0 aromatic rings. The third-order valence-electron chi connectivity index (χ3n) is 3.90. The first-order valence-electron chi connectivity index (χ1n) is 6.75. The van der Waals surface area contributed by atoms with Gasteiger partial charge in [-0.1, -0.05) is 12.8 Å². The van der Waals surface area contributed by atoms with Crippen LogP contribution in [0.5, 0.6) is 0 Å². The molecule has 1 N–H and O–H groups in total. The molecule has 5 heteroatoms. The number of carbonyl (C=O) groups is 2. The molecule has 1 saturated carbocycles. The SMILES string of the molecule is COC(=O)CC1NC(C)CN(C2CCCC2)C1=O. The molecule has 0 radical (unpaired) electrons. The standard InChI is InChI=1S/C13H22N2O3/c1-9-8-15(10-5-3-4-6-10)13(17)11(14-9)7-12(16)18-2/h9-11,14H,3-8H2,1-2H3. The minimum atomic E-state index is -0.415. The van der Waals surface area contributed by atoms with Crippen LogP contribution in [0.1, 0.15) is 39.0 Å². The van der Waals surface area contributed by atoms with Gasteiger partial charge in [0.25, 0.3) is 0 Å². The second-order valence-corrected chi connectivity index (χ2v) is 5.33. The average Bonchev–Trinajstić information content (AvgIpc) is 2.86. The lowest BCUT2D eigenvalue weighted by molar-refractivity contribution is -0.148. The highest BCUT2D eigenvalue weighted by Crippen LogP contribution is 2.26. The van der Waals surface area contributed by atoms with Crippen LogP contribution in [0.3, 0.4) is 0 Å². The van der Waals surface area contributed by atoms with Gasteiger partial charge in [0.15, 0.2) is 0 Å². The Hall–Kier alpha value is -1.10. The van der Waals surface area contributed by atoms with Crippen molar-refractivity contribution >= 4 is 11.9 Å². The lowest BCUT2D eigenvalue weighted by Gasteiger charge is -2.40. The summed E-state index contributed by atoms with van der Waals surface area (Å²) in [5.74, 6) is -0.272. The largest absolute Gasteiger partial charge is 0.469 e. The first kappa shape index (κ1) is 13.3. The molecule has 102 valence electrons. The number of nitrogens with zero attached hydrogens (tertiary/aromatic N) is 1. The van der Waals surface area contributed by atoms with E-state index < -0.39 is 6.04 Å². The number of hydrogen-bond acceptors (Lipinski definition) is 4. The Bertz CT molecular complexity index is 326. The van der Waals surface area contributed by atoms with Crippen molar-refractivity contribution in [1.29, 1.82) is 0 Å². The Morgan fingerprint density at radius 3 is 2.72 bits per heavy atom. The molecule has 2 fully saturated rings. The molecule has 1 heterocycles. The predicted molar refractivity (Wildman–Crippen MR) is 67.0 cm³/mol. The lowest BCUT2D eigenvalue weighted by Crippen LogP contribution is -2.61. The van der Waals surface area contributed by atoms with E-state index in [-0.39, 0.29) is 24.3 Å². The molecule has 2 atom stereocenters. The monoisotopic (exact) mass is 254 g/mol. The Morgan fingerprint density at radius 1 is 1.44 bits per heavy atom. The minimum Gasteiger partial charge on any atom is -0.469 e. The quantitative estimate of drug-likeness (QED) is 0.753. The molecule has 0 aromatic carbocycles. The van der Waals surface area contributed by atoms with Crippen molar-refractivity contribution in [3.63, 3.8) is 0 Å². The maximum absolute atomic E-state index is 12.4. The lowest BCUT2D eigenvalue weighted by atomic mass is 10.0. The fourth-order valence-electron chi connectivity index (χ4n) is 2.99. The number of esters is 1. The molecular formula is C13H22N2O3. The molecule has 0 bridgehead atoms. The summed E-state index contributed by atoms with van der Waals surface area (Å²) in [6.45, 7) is 2.81. The third-order valence-corrected chi connectivity index (χ3v) is 3.90. The minimum absolute atomic E-state index is 0.0606. The van der Waals surface area contributed by atoms with Crippen molar-refractivity contribution in [2.45, 2.75) is 57.2 Å². The van der Waals surface area contributed by atoms with Gasteiger partial charge in [0.2, 0.25) is 5.91 Å². The van der Waals surface area contributed by atoms with Gasteiger partial charge in [0, 0.05) is 18.6 Å². The zero-order chi connectivity index (χ0) is 13.1. The summed E-state index contributed by atoms with van der Waals surface area (Å²) in [7, 11) is 1.35. The van der Waals surface area contributed by atoms with Gasteiger partial charge in [-0.05, 0) is 19.8 Å². The zero-order valence-electron chi connectivity index (χ0n) is 11.1. The number of methoxy groups -OCH3 is 1. The first-order chi connectivity index (χ1) is 8.61. The second kappa shape index (κ2) is 5.69. The van der Waals surface area contributed by atoms with Crippen molar-refractivity contribution in [3.05, 3.63) is 0 Å². The maximum atomic E-state index is 12.4. The summed E-state index contributed by atoms with van der Waals surface area (Å²) < 4.78 is 4.65. The molecule has 0 spiro atoms. The van der Waals surface area contributed by atoms with Gasteiger partial charge in [-0.15, -0.1) is 0 Å². The summed E-state index contributed by atoms with van der Waals surface area (Å²) in [5.41, 5.74) is 0. The molecule has 1 aliphatic heterocycles. The van der Waals surface area contributed by atoms with Crippen molar-refractivity contribution in [3.8, 4) is 0 Å². The zero-order valence-corrected chi connectivity index (χ0v) is 11.1. The van der Waals surface area contributed by atoms with Crippen LogP contribution in [0, 0.1) is 0 Å². The summed E-state index contributed by atoms with van der Waals surface area (Å²) in [5, 5.41) is 3.19. The van der Waals surface area contributed by atoms with Crippen molar-refractivity contribution in [1.82, 2.24) is 10.2 Å². The van der Waals surface area contributed by atoms with E-state index in [1.165, 1.54) is 20.0 Å². The summed E-state index contributed by atoms with van der Waals surface area (Å²) in [6, 6.07) is 0.196. The van der Waals surface area contributed by atoms with Gasteiger partial charge in [0.05, 0.1) is 19.6 Å². The van der Waals surface area contributed by atoms with Crippen molar-refractivity contribution in [2.75, 3.05) is 13.7 Å². The highest BCUT2D eigenvalue weighted by molar-refractivity contribution is 5.87. The number of nitrogens with one attached hydrogen (secondary N) is 1. The molecule has 2 rings (SSSR count). The highest BCUT2D eigenvalue weighted by atomic mass is 16.5. The Kier molecular flexibility index (Phi) is 4.22. The Labute approximate surface area is 108 Å². The summed E-state index contributed by atoms with van der Waals surface area (Å²) in [6.07, 6.45) is 4.74. The van der Waals surface area contributed by atoms with Crippen LogP contribution in [0.25, 0.3) is 0 Å². The van der Waals surface area contributed by atoms with Gasteiger partial charge in [-0.3, -0.25) is 9.59 Å². The van der Waals surface area contributed by atoms with Crippen LogP contribution in [-0.2, 0) is 14.3 Å². The molecule has 2 aliphatic rings. The van der Waals surface area contributed by atoms with Crippen LogP contribution in [-0.4, -0.2) is 48.6 Å². The van der Waals surface area contributed by atoms with Gasteiger partial charge < -0.3 is 15.0 Å². The maximum Gasteiger partial charge on any atom is 0.307 e. The molecule has 5 nitrogen and oxygen atoms in total. The molecule has 1 aliphatic carbocycles. The normalized spacial score (nSPS) is 29.7. The molecule has 18 heavy (non-hydrogen) atoms. The van der Waals surface area contributed by atoms with E-state index in [1.54, 1.807) is 0 Å². The van der Waals surface area contributed by atoms with Crippen LogP contribution >= 0.6 is 0 Å². The summed E-state index contributed by atoms with van der Waals surface area (Å²) in [4.78, 5) is 25.7. The molecule has 1 saturated heterocycles. The average molecular weight is 254 g/mol. The number of rotatable bonds is 3. The smallest absolute Gasteiger partial charge is 0.307 e. The Balaban J connectivity index is 2.02. The van der Waals surface area contributed by atoms with E-state index in [0.717, 1.165) is 19.4 Å². The number of carbonyl (C=O) groups excluding carboxylic acids is 2. The number of piperazine rings is 1. The van der Waals surface area contributed by atoms with Gasteiger partial charge in [-0.25, -0.2) is 0 Å². The highest BCUT2D eigenvalue weighted by Gasteiger charge is 2.37. The van der Waals surface area contributed by atoms with E-state index in [0.29, 0.717) is 6.04 Å². The second-order valence-electron chi connectivity index (χ2n) is 5.33. The number of ether oxygens (including phenoxy) is 1. The van der Waals surface area contributed by atoms with Gasteiger partial charge in [0.1, 0.15) is 0 Å². The van der Waals surface area contributed by atoms with Gasteiger partial charge >= 0.3 is 5.97 Å².